The maximum Gasteiger partial charge on any atom is 0.356 e. The third kappa shape index (κ3) is 3.30. The summed E-state index contributed by atoms with van der Waals surface area (Å²) < 4.78 is 6.69. The maximum atomic E-state index is 11.4. The molecule has 2 heterocycles. The minimum atomic E-state index is -2.35. The van der Waals surface area contributed by atoms with Crippen LogP contribution in [0, 0.1) is 0 Å². The fourth-order valence-electron chi connectivity index (χ4n) is 2.91. The Morgan fingerprint density at radius 1 is 1.41 bits per heavy atom. The highest BCUT2D eigenvalue weighted by Crippen LogP contribution is 2.33. The first kappa shape index (κ1) is 19.0. The van der Waals surface area contributed by atoms with Crippen LogP contribution in [0.3, 0.4) is 0 Å². The molecule has 0 spiro atoms. The molecule has 2 aromatic rings. The molecule has 10 heteroatoms. The zero-order chi connectivity index (χ0) is 19.8. The summed E-state index contributed by atoms with van der Waals surface area (Å²) in [4.78, 5) is 22.7. The van der Waals surface area contributed by atoms with E-state index in [2.05, 4.69) is 10.4 Å². The van der Waals surface area contributed by atoms with E-state index >= 15 is 0 Å². The third-order valence-corrected chi connectivity index (χ3v) is 4.37. The van der Waals surface area contributed by atoms with Crippen LogP contribution < -0.4 is 5.32 Å². The lowest BCUT2D eigenvalue weighted by molar-refractivity contribution is -0.136. The normalized spacial score (nSPS) is 28.7. The van der Waals surface area contributed by atoms with E-state index in [1.54, 1.807) is 30.3 Å². The fourth-order valence-corrected chi connectivity index (χ4v) is 2.91. The zero-order valence-electron chi connectivity index (χ0n) is 14.3. The van der Waals surface area contributed by atoms with Crippen molar-refractivity contribution in [3.8, 4) is 5.69 Å². The Balaban J connectivity index is 1.99. The first-order valence-corrected chi connectivity index (χ1v) is 8.13. The zero-order valence-corrected chi connectivity index (χ0v) is 14.3. The third-order valence-electron chi connectivity index (χ3n) is 4.37. The molecular formula is C17H19N3O7. The van der Waals surface area contributed by atoms with E-state index in [9.17, 15) is 30.0 Å². The number of aliphatic hydroxyl groups is 3. The van der Waals surface area contributed by atoms with E-state index < -0.39 is 36.1 Å². The molecule has 3 rings (SSSR count). The van der Waals surface area contributed by atoms with Crippen LogP contribution >= 0.6 is 0 Å². The molecule has 10 nitrogen and oxygen atoms in total. The number of carboxylic acids is 1. The molecule has 1 fully saturated rings. The van der Waals surface area contributed by atoms with Crippen molar-refractivity contribution in [3.05, 3.63) is 42.1 Å². The first-order chi connectivity index (χ1) is 12.8. The number of nitrogens with one attached hydrogen (secondary N) is 1. The van der Waals surface area contributed by atoms with Gasteiger partial charge >= 0.3 is 5.97 Å². The Kier molecular flexibility index (Phi) is 4.98. The summed E-state index contributed by atoms with van der Waals surface area (Å²) in [6, 6.07) is 9.78. The average molecular weight is 377 g/mol. The van der Waals surface area contributed by atoms with Gasteiger partial charge in [0.2, 0.25) is 0 Å². The molecular weight excluding hydrogens is 358 g/mol. The van der Waals surface area contributed by atoms with E-state index in [0.29, 0.717) is 5.69 Å². The highest BCUT2D eigenvalue weighted by atomic mass is 16.6. The van der Waals surface area contributed by atoms with Gasteiger partial charge in [-0.2, -0.15) is 5.10 Å². The van der Waals surface area contributed by atoms with Gasteiger partial charge in [0.1, 0.15) is 18.0 Å². The van der Waals surface area contributed by atoms with Gasteiger partial charge in [0.05, 0.1) is 11.8 Å². The molecule has 1 aromatic heterocycles. The number of carboxylic acid groups (broad SMARTS) is 1. The number of hydrogen-bond donors (Lipinski definition) is 5. The van der Waals surface area contributed by atoms with Crippen LogP contribution in [0.25, 0.3) is 5.69 Å². The number of aromatic nitrogens is 2. The summed E-state index contributed by atoms with van der Waals surface area (Å²) in [5, 5.41) is 46.3. The van der Waals surface area contributed by atoms with Crippen molar-refractivity contribution < 1.29 is 34.8 Å². The minimum absolute atomic E-state index is 0.113. The molecule has 1 saturated heterocycles. The molecule has 5 N–H and O–H groups in total. The van der Waals surface area contributed by atoms with Gasteiger partial charge in [-0.3, -0.25) is 4.79 Å². The second-order valence-corrected chi connectivity index (χ2v) is 6.28. The SMILES string of the molecule is CC(O)[C@H]1OC(Nc2cc(C(=O)O)nn2-c2ccccc2)[C@@](O)(C=O)[C@@H]1O. The summed E-state index contributed by atoms with van der Waals surface area (Å²) in [6.45, 7) is 1.35. The molecule has 0 aliphatic carbocycles. The number of benzene rings is 1. The summed E-state index contributed by atoms with van der Waals surface area (Å²) in [6.07, 6.45) is -5.37. The van der Waals surface area contributed by atoms with Crippen molar-refractivity contribution in [1.82, 2.24) is 9.78 Å². The number of carbonyl (C=O) groups excluding carboxylic acids is 1. The largest absolute Gasteiger partial charge is 0.476 e. The van der Waals surface area contributed by atoms with Gasteiger partial charge in [-0.15, -0.1) is 0 Å². The van der Waals surface area contributed by atoms with Gasteiger partial charge in [0, 0.05) is 6.07 Å². The van der Waals surface area contributed by atoms with Gasteiger partial charge in [0.15, 0.2) is 23.8 Å². The van der Waals surface area contributed by atoms with Crippen LogP contribution in [0.15, 0.2) is 36.4 Å². The molecule has 1 aliphatic rings. The Morgan fingerprint density at radius 2 is 2.07 bits per heavy atom. The number of carbonyl (C=O) groups is 2. The van der Waals surface area contributed by atoms with E-state index in [1.807, 2.05) is 0 Å². The molecule has 144 valence electrons. The molecule has 0 bridgehead atoms. The van der Waals surface area contributed by atoms with Crippen LogP contribution in [-0.4, -0.2) is 72.6 Å². The summed E-state index contributed by atoms with van der Waals surface area (Å²) >= 11 is 0. The van der Waals surface area contributed by atoms with Crippen molar-refractivity contribution in [2.75, 3.05) is 5.32 Å². The molecule has 1 aromatic carbocycles. The fraction of sp³-hybridized carbons (Fsp3) is 0.353. The highest BCUT2D eigenvalue weighted by molar-refractivity contribution is 5.86. The Hall–Kier alpha value is -2.79. The van der Waals surface area contributed by atoms with E-state index in [-0.39, 0.29) is 17.8 Å². The average Bonchev–Trinajstić information content (AvgIpc) is 3.18. The smallest absolute Gasteiger partial charge is 0.356 e. The minimum Gasteiger partial charge on any atom is -0.476 e. The Bertz CT molecular complexity index is 838. The molecule has 1 aliphatic heterocycles. The number of ether oxygens (including phenoxy) is 1. The lowest BCUT2D eigenvalue weighted by Crippen LogP contribution is -2.53. The van der Waals surface area contributed by atoms with Crippen molar-refractivity contribution >= 4 is 18.1 Å². The number of nitrogens with zero attached hydrogens (tertiary/aromatic N) is 2. The van der Waals surface area contributed by atoms with Gasteiger partial charge in [-0.1, -0.05) is 18.2 Å². The Labute approximate surface area is 153 Å². The van der Waals surface area contributed by atoms with E-state index in [1.165, 1.54) is 17.7 Å². The lowest BCUT2D eigenvalue weighted by atomic mass is 9.94. The number of hydrogen-bond acceptors (Lipinski definition) is 8. The van der Waals surface area contributed by atoms with Crippen molar-refractivity contribution in [2.45, 2.75) is 37.1 Å². The number of aliphatic hydroxyl groups excluding tert-OH is 2. The van der Waals surface area contributed by atoms with E-state index in [0.717, 1.165) is 0 Å². The lowest BCUT2D eigenvalue weighted by Gasteiger charge is -2.26. The number of anilines is 1. The van der Waals surface area contributed by atoms with Crippen LogP contribution in [0.1, 0.15) is 17.4 Å². The second kappa shape index (κ2) is 7.08. The molecule has 5 atom stereocenters. The maximum absolute atomic E-state index is 11.4. The topological polar surface area (TPSA) is 154 Å². The summed E-state index contributed by atoms with van der Waals surface area (Å²) in [5.41, 5.74) is -2.11. The van der Waals surface area contributed by atoms with Crippen molar-refractivity contribution in [3.63, 3.8) is 0 Å². The molecule has 0 amide bonds. The van der Waals surface area contributed by atoms with Crippen LogP contribution in [0.2, 0.25) is 0 Å². The number of rotatable bonds is 6. The summed E-state index contributed by atoms with van der Waals surface area (Å²) in [7, 11) is 0. The molecule has 27 heavy (non-hydrogen) atoms. The standard InChI is InChI=1S/C17H19N3O7/c1-9(22)13-14(23)17(26,8-21)16(27-13)18-12-7-11(15(24)25)19-20(12)10-5-3-2-4-6-10/h2-9,13-14,16,18,22-23,26H,1H3,(H,24,25)/t9?,13-,14-,16?,17-/m1/s1. The number of aldehydes is 1. The number of para-hydroxylation sites is 1. The molecule has 2 unspecified atom stereocenters. The monoisotopic (exact) mass is 377 g/mol. The second-order valence-electron chi connectivity index (χ2n) is 6.28. The van der Waals surface area contributed by atoms with Crippen LogP contribution in [0.4, 0.5) is 5.82 Å². The molecule has 0 radical (unpaired) electrons. The van der Waals surface area contributed by atoms with E-state index in [4.69, 9.17) is 4.74 Å². The molecule has 0 saturated carbocycles. The van der Waals surface area contributed by atoms with Gasteiger partial charge in [0.25, 0.3) is 0 Å². The van der Waals surface area contributed by atoms with Crippen molar-refractivity contribution in [2.24, 2.45) is 0 Å². The van der Waals surface area contributed by atoms with Gasteiger partial charge in [-0.05, 0) is 19.1 Å². The van der Waals surface area contributed by atoms with Crippen LogP contribution in [0.5, 0.6) is 0 Å². The Morgan fingerprint density at radius 3 is 2.63 bits per heavy atom. The van der Waals surface area contributed by atoms with Crippen molar-refractivity contribution in [1.29, 1.82) is 0 Å². The number of aromatic carboxylic acids is 1. The summed E-state index contributed by atoms with van der Waals surface area (Å²) in [5.74, 6) is -1.16. The van der Waals surface area contributed by atoms with Crippen LogP contribution in [-0.2, 0) is 9.53 Å². The van der Waals surface area contributed by atoms with Gasteiger partial charge in [-0.25, -0.2) is 9.48 Å². The predicted molar refractivity (Wildman–Crippen MR) is 91.5 cm³/mol. The predicted octanol–water partition coefficient (Wildman–Crippen LogP) is -0.621. The van der Waals surface area contributed by atoms with Gasteiger partial charge < -0.3 is 30.5 Å². The quantitative estimate of drug-likeness (QED) is 0.414. The first-order valence-electron chi connectivity index (χ1n) is 8.13. The highest BCUT2D eigenvalue weighted by Gasteiger charge is 2.57.